The quantitative estimate of drug-likeness (QED) is 0.838. The van der Waals surface area contributed by atoms with Crippen LogP contribution < -0.4 is 11.1 Å². The largest absolute Gasteiger partial charge is 0.419 e. The van der Waals surface area contributed by atoms with Crippen molar-refractivity contribution in [3.8, 4) is 0 Å². The lowest BCUT2D eigenvalue weighted by atomic mass is 10.3. The molecule has 20 heavy (non-hydrogen) atoms. The highest BCUT2D eigenvalue weighted by Gasteiger charge is 2.21. The average molecular weight is 299 g/mol. The highest BCUT2D eigenvalue weighted by atomic mass is 32.2. The van der Waals surface area contributed by atoms with E-state index < -0.39 is 15.8 Å². The van der Waals surface area contributed by atoms with Gasteiger partial charge in [0, 0.05) is 33.3 Å². The average Bonchev–Trinajstić information content (AvgIpc) is 2.70. The number of aromatic nitrogens is 1. The van der Waals surface area contributed by atoms with Crippen LogP contribution in [-0.2, 0) is 17.1 Å². The number of benzene rings is 1. The van der Waals surface area contributed by atoms with Crippen molar-refractivity contribution in [2.24, 2.45) is 7.05 Å². The first-order valence-electron chi connectivity index (χ1n) is 6.08. The molecule has 8 heteroatoms. The molecule has 0 radical (unpaired) electrons. The number of likely N-dealkylation sites (N-methyl/N-ethyl adjacent to an activating group) is 2. The summed E-state index contributed by atoms with van der Waals surface area (Å²) in [7, 11) is 1.25. The summed E-state index contributed by atoms with van der Waals surface area (Å²) < 4.78 is 32.3. The molecular formula is C12H17N3O4S. The summed E-state index contributed by atoms with van der Waals surface area (Å²) in [5.74, 6) is -0.516. The molecule has 0 aliphatic heterocycles. The highest BCUT2D eigenvalue weighted by molar-refractivity contribution is 7.89. The molecule has 0 saturated carbocycles. The van der Waals surface area contributed by atoms with Crippen LogP contribution in [0.4, 0.5) is 0 Å². The molecule has 1 aromatic heterocycles. The Balaban J connectivity index is 2.44. The fourth-order valence-electron chi connectivity index (χ4n) is 1.84. The molecule has 0 bridgehead atoms. The maximum absolute atomic E-state index is 12.3. The van der Waals surface area contributed by atoms with E-state index in [4.69, 9.17) is 4.42 Å². The number of hydrogen-bond acceptors (Lipinski definition) is 5. The zero-order valence-electron chi connectivity index (χ0n) is 11.6. The Bertz CT molecular complexity index is 776. The second-order valence-electron chi connectivity index (χ2n) is 4.49. The van der Waals surface area contributed by atoms with Crippen LogP contribution >= 0.6 is 0 Å². The number of nitrogens with one attached hydrogen (secondary N) is 1. The SMILES string of the molecule is CNCCN(C)S(=O)(=O)c1ccc2c(c1)oc(=O)n2C. The van der Waals surface area contributed by atoms with Crippen molar-refractivity contribution in [3.63, 3.8) is 0 Å². The van der Waals surface area contributed by atoms with Gasteiger partial charge in [-0.15, -0.1) is 0 Å². The fraction of sp³-hybridized carbons (Fsp3) is 0.417. The first-order chi connectivity index (χ1) is 9.37. The maximum Gasteiger partial charge on any atom is 0.419 e. The summed E-state index contributed by atoms with van der Waals surface area (Å²) in [5.41, 5.74) is 0.826. The first-order valence-corrected chi connectivity index (χ1v) is 7.52. The van der Waals surface area contributed by atoms with Crippen LogP contribution in [0.5, 0.6) is 0 Å². The zero-order chi connectivity index (χ0) is 14.9. The molecule has 1 heterocycles. The molecule has 1 aromatic carbocycles. The van der Waals surface area contributed by atoms with Gasteiger partial charge in [-0.3, -0.25) is 4.57 Å². The Morgan fingerprint density at radius 1 is 1.40 bits per heavy atom. The van der Waals surface area contributed by atoms with E-state index >= 15 is 0 Å². The monoisotopic (exact) mass is 299 g/mol. The van der Waals surface area contributed by atoms with E-state index in [1.54, 1.807) is 20.2 Å². The van der Waals surface area contributed by atoms with Gasteiger partial charge in [0.25, 0.3) is 0 Å². The Morgan fingerprint density at radius 2 is 2.10 bits per heavy atom. The minimum atomic E-state index is -3.58. The minimum Gasteiger partial charge on any atom is -0.408 e. The van der Waals surface area contributed by atoms with Crippen LogP contribution in [0, 0.1) is 0 Å². The van der Waals surface area contributed by atoms with E-state index in [9.17, 15) is 13.2 Å². The standard InChI is InChI=1S/C12H17N3O4S/c1-13-6-7-14(2)20(17,18)9-4-5-10-11(8-9)19-12(16)15(10)3/h4-5,8,13H,6-7H2,1-3H3. The number of rotatable bonds is 5. The second-order valence-corrected chi connectivity index (χ2v) is 6.53. The van der Waals surface area contributed by atoms with Crippen molar-refractivity contribution in [1.82, 2.24) is 14.2 Å². The number of nitrogens with zero attached hydrogens (tertiary/aromatic N) is 2. The van der Waals surface area contributed by atoms with Gasteiger partial charge >= 0.3 is 5.76 Å². The molecule has 0 saturated heterocycles. The molecule has 110 valence electrons. The van der Waals surface area contributed by atoms with Crippen LogP contribution in [-0.4, -0.2) is 44.5 Å². The zero-order valence-corrected chi connectivity index (χ0v) is 12.4. The Hall–Kier alpha value is -1.64. The Kier molecular flexibility index (Phi) is 3.98. The fourth-order valence-corrected chi connectivity index (χ4v) is 3.03. The van der Waals surface area contributed by atoms with Crippen LogP contribution in [0.2, 0.25) is 0 Å². The van der Waals surface area contributed by atoms with Gasteiger partial charge in [-0.05, 0) is 19.2 Å². The van der Waals surface area contributed by atoms with Gasteiger partial charge in [0.15, 0.2) is 5.58 Å². The molecule has 2 aromatic rings. The van der Waals surface area contributed by atoms with Gasteiger partial charge in [-0.2, -0.15) is 4.31 Å². The van der Waals surface area contributed by atoms with Gasteiger partial charge in [-0.1, -0.05) is 0 Å². The van der Waals surface area contributed by atoms with Crippen molar-refractivity contribution in [2.45, 2.75) is 4.90 Å². The number of sulfonamides is 1. The number of oxazole rings is 1. The summed E-state index contributed by atoms with van der Waals surface area (Å²) in [5, 5.41) is 2.89. The number of aryl methyl sites for hydroxylation is 1. The molecule has 0 atom stereocenters. The van der Waals surface area contributed by atoms with Gasteiger partial charge in [-0.25, -0.2) is 13.2 Å². The molecule has 0 fully saturated rings. The van der Waals surface area contributed by atoms with E-state index in [-0.39, 0.29) is 10.5 Å². The lowest BCUT2D eigenvalue weighted by molar-refractivity contribution is 0.465. The summed E-state index contributed by atoms with van der Waals surface area (Å²) >= 11 is 0. The molecule has 2 rings (SSSR count). The molecular weight excluding hydrogens is 282 g/mol. The van der Waals surface area contributed by atoms with E-state index in [2.05, 4.69) is 5.32 Å². The lowest BCUT2D eigenvalue weighted by Gasteiger charge is -2.16. The summed E-state index contributed by atoms with van der Waals surface area (Å²) in [6.07, 6.45) is 0. The molecule has 0 aliphatic carbocycles. The molecule has 0 spiro atoms. The maximum atomic E-state index is 12.3. The van der Waals surface area contributed by atoms with E-state index in [1.807, 2.05) is 0 Å². The lowest BCUT2D eigenvalue weighted by Crippen LogP contribution is -2.32. The normalized spacial score (nSPS) is 12.4. The van der Waals surface area contributed by atoms with Gasteiger partial charge in [0.1, 0.15) is 0 Å². The third kappa shape index (κ3) is 2.49. The Labute approximate surface area is 116 Å². The van der Waals surface area contributed by atoms with Crippen LogP contribution in [0.3, 0.4) is 0 Å². The smallest absolute Gasteiger partial charge is 0.408 e. The Morgan fingerprint density at radius 3 is 2.75 bits per heavy atom. The topological polar surface area (TPSA) is 84.6 Å². The van der Waals surface area contributed by atoms with Crippen molar-refractivity contribution in [1.29, 1.82) is 0 Å². The van der Waals surface area contributed by atoms with Crippen molar-refractivity contribution in [3.05, 3.63) is 28.7 Å². The minimum absolute atomic E-state index is 0.109. The third-order valence-corrected chi connectivity index (χ3v) is 5.00. The highest BCUT2D eigenvalue weighted by Crippen LogP contribution is 2.20. The van der Waals surface area contributed by atoms with E-state index in [0.717, 1.165) is 0 Å². The first kappa shape index (κ1) is 14.8. The summed E-state index contributed by atoms with van der Waals surface area (Å²) in [6.45, 7) is 0.911. The van der Waals surface area contributed by atoms with E-state index in [1.165, 1.54) is 28.1 Å². The molecule has 0 unspecified atom stereocenters. The number of hydrogen-bond donors (Lipinski definition) is 1. The molecule has 0 amide bonds. The van der Waals surface area contributed by atoms with E-state index in [0.29, 0.717) is 18.6 Å². The van der Waals surface area contributed by atoms with Crippen molar-refractivity contribution in [2.75, 3.05) is 27.2 Å². The summed E-state index contributed by atoms with van der Waals surface area (Å²) in [4.78, 5) is 11.5. The predicted octanol–water partition coefficient (Wildman–Crippen LogP) is -0.0286. The van der Waals surface area contributed by atoms with Gasteiger partial charge < -0.3 is 9.73 Å². The van der Waals surface area contributed by atoms with Crippen LogP contribution in [0.1, 0.15) is 0 Å². The molecule has 7 nitrogen and oxygen atoms in total. The van der Waals surface area contributed by atoms with Gasteiger partial charge in [0.05, 0.1) is 10.4 Å². The van der Waals surface area contributed by atoms with Crippen molar-refractivity contribution < 1.29 is 12.8 Å². The summed E-state index contributed by atoms with van der Waals surface area (Å²) in [6, 6.07) is 4.42. The third-order valence-electron chi connectivity index (χ3n) is 3.15. The van der Waals surface area contributed by atoms with Crippen LogP contribution in [0.25, 0.3) is 11.1 Å². The molecule has 0 aliphatic rings. The van der Waals surface area contributed by atoms with Gasteiger partial charge in [0.2, 0.25) is 10.0 Å². The second kappa shape index (κ2) is 5.39. The predicted molar refractivity (Wildman–Crippen MR) is 75.2 cm³/mol. The molecule has 1 N–H and O–H groups in total. The van der Waals surface area contributed by atoms with Crippen molar-refractivity contribution >= 4 is 21.1 Å². The van der Waals surface area contributed by atoms with Crippen LogP contribution in [0.15, 0.2) is 32.3 Å². The number of fused-ring (bicyclic) bond motifs is 1.